The Kier molecular flexibility index (Phi) is 2.68. The third-order valence-electron chi connectivity index (χ3n) is 1.75. The molecule has 2 aromatic rings. The molecule has 0 saturated carbocycles. The molecule has 80 valence electrons. The van der Waals surface area contributed by atoms with Gasteiger partial charge in [0.2, 0.25) is 11.5 Å². The lowest BCUT2D eigenvalue weighted by molar-refractivity contribution is 0.102. The van der Waals surface area contributed by atoms with Gasteiger partial charge in [-0.25, -0.2) is 4.98 Å². The van der Waals surface area contributed by atoms with Crippen LogP contribution in [0.5, 0.6) is 0 Å². The number of hydrogen-bond acceptors (Lipinski definition) is 5. The van der Waals surface area contributed by atoms with E-state index in [1.807, 2.05) is 0 Å². The maximum absolute atomic E-state index is 11.6. The first-order chi connectivity index (χ1) is 7.75. The molecule has 0 unspecified atom stereocenters. The number of pyridine rings is 1. The lowest BCUT2D eigenvalue weighted by atomic mass is 10.2. The highest BCUT2D eigenvalue weighted by Crippen LogP contribution is 1.98. The number of aromatic nitrogens is 4. The van der Waals surface area contributed by atoms with E-state index in [0.29, 0.717) is 0 Å². The van der Waals surface area contributed by atoms with Crippen molar-refractivity contribution in [3.63, 3.8) is 0 Å². The molecular weight excluding hydrogens is 210 g/mol. The molecule has 2 rings (SSSR count). The van der Waals surface area contributed by atoms with Crippen molar-refractivity contribution in [3.05, 3.63) is 46.6 Å². The fourth-order valence-corrected chi connectivity index (χ4v) is 1.06. The van der Waals surface area contributed by atoms with Gasteiger partial charge in [-0.05, 0) is 6.07 Å². The SMILES string of the molecule is O=C(Nc1nccnn1)c1cc[nH]c(=O)c1. The summed E-state index contributed by atoms with van der Waals surface area (Å²) in [5, 5.41) is 9.55. The molecule has 7 heteroatoms. The number of nitrogens with zero attached hydrogens (tertiary/aromatic N) is 3. The third kappa shape index (κ3) is 2.27. The van der Waals surface area contributed by atoms with Crippen LogP contribution in [-0.4, -0.2) is 26.1 Å². The van der Waals surface area contributed by atoms with Crippen LogP contribution >= 0.6 is 0 Å². The topological polar surface area (TPSA) is 101 Å². The van der Waals surface area contributed by atoms with Crippen molar-refractivity contribution in [2.24, 2.45) is 0 Å². The molecule has 7 nitrogen and oxygen atoms in total. The Bertz CT molecular complexity index is 551. The highest BCUT2D eigenvalue weighted by Gasteiger charge is 2.07. The van der Waals surface area contributed by atoms with Crippen molar-refractivity contribution in [1.82, 2.24) is 20.2 Å². The van der Waals surface area contributed by atoms with E-state index < -0.39 is 5.91 Å². The van der Waals surface area contributed by atoms with Crippen molar-refractivity contribution in [3.8, 4) is 0 Å². The number of anilines is 1. The van der Waals surface area contributed by atoms with E-state index in [-0.39, 0.29) is 17.1 Å². The molecule has 0 aliphatic heterocycles. The van der Waals surface area contributed by atoms with Crippen LogP contribution in [0.3, 0.4) is 0 Å². The van der Waals surface area contributed by atoms with Crippen LogP contribution in [0.2, 0.25) is 0 Å². The number of H-pyrrole nitrogens is 1. The summed E-state index contributed by atoms with van der Waals surface area (Å²) < 4.78 is 0. The Balaban J connectivity index is 2.18. The van der Waals surface area contributed by atoms with Gasteiger partial charge in [0.1, 0.15) is 0 Å². The van der Waals surface area contributed by atoms with Gasteiger partial charge < -0.3 is 4.98 Å². The molecule has 1 amide bonds. The van der Waals surface area contributed by atoms with Crippen LogP contribution in [0.4, 0.5) is 5.95 Å². The molecule has 0 fully saturated rings. The average Bonchev–Trinajstić information content (AvgIpc) is 2.30. The zero-order valence-corrected chi connectivity index (χ0v) is 8.04. The summed E-state index contributed by atoms with van der Waals surface area (Å²) >= 11 is 0. The molecule has 0 atom stereocenters. The fourth-order valence-electron chi connectivity index (χ4n) is 1.06. The zero-order chi connectivity index (χ0) is 11.4. The smallest absolute Gasteiger partial charge is 0.258 e. The van der Waals surface area contributed by atoms with Crippen LogP contribution in [-0.2, 0) is 0 Å². The van der Waals surface area contributed by atoms with Crippen molar-refractivity contribution >= 4 is 11.9 Å². The zero-order valence-electron chi connectivity index (χ0n) is 8.04. The molecule has 2 aromatic heterocycles. The number of rotatable bonds is 2. The first-order valence-electron chi connectivity index (χ1n) is 4.39. The average molecular weight is 217 g/mol. The summed E-state index contributed by atoms with van der Waals surface area (Å²) in [6.07, 6.45) is 4.19. The molecule has 0 aliphatic carbocycles. The van der Waals surface area contributed by atoms with E-state index >= 15 is 0 Å². The molecule has 0 radical (unpaired) electrons. The predicted octanol–water partition coefficient (Wildman–Crippen LogP) is -0.188. The number of nitrogens with one attached hydrogen (secondary N) is 2. The highest BCUT2D eigenvalue weighted by molar-refractivity contribution is 6.03. The minimum absolute atomic E-state index is 0.0905. The Morgan fingerprint density at radius 3 is 2.94 bits per heavy atom. The van der Waals surface area contributed by atoms with Gasteiger partial charge in [0, 0.05) is 17.8 Å². The fraction of sp³-hybridized carbons (Fsp3) is 0. The standard InChI is InChI=1S/C9H7N5O2/c15-7-5-6(1-2-10-7)8(16)13-9-11-3-4-12-14-9/h1-5H,(H,10,15)(H,11,13,14,16). The van der Waals surface area contributed by atoms with Crippen molar-refractivity contribution in [1.29, 1.82) is 0 Å². The van der Waals surface area contributed by atoms with Crippen LogP contribution < -0.4 is 10.9 Å². The summed E-state index contributed by atoms with van der Waals surface area (Å²) in [7, 11) is 0. The van der Waals surface area contributed by atoms with Gasteiger partial charge in [0.25, 0.3) is 5.91 Å². The molecule has 16 heavy (non-hydrogen) atoms. The van der Waals surface area contributed by atoms with Crippen LogP contribution in [0, 0.1) is 0 Å². The van der Waals surface area contributed by atoms with E-state index in [1.54, 1.807) is 0 Å². The maximum Gasteiger partial charge on any atom is 0.258 e. The minimum atomic E-state index is -0.459. The Hall–Kier alpha value is -2.57. The van der Waals surface area contributed by atoms with E-state index in [1.165, 1.54) is 30.7 Å². The van der Waals surface area contributed by atoms with Gasteiger partial charge >= 0.3 is 0 Å². The van der Waals surface area contributed by atoms with E-state index in [9.17, 15) is 9.59 Å². The van der Waals surface area contributed by atoms with E-state index in [0.717, 1.165) is 0 Å². The Labute approximate surface area is 89.6 Å². The molecule has 0 aliphatic rings. The summed E-state index contributed by atoms with van der Waals surface area (Å²) in [5.74, 6) is -0.369. The lowest BCUT2D eigenvalue weighted by Crippen LogP contribution is -2.17. The van der Waals surface area contributed by atoms with Crippen LogP contribution in [0.25, 0.3) is 0 Å². The number of amides is 1. The molecular formula is C9H7N5O2. The van der Waals surface area contributed by atoms with Gasteiger partial charge in [-0.2, -0.15) is 5.10 Å². The van der Waals surface area contributed by atoms with Gasteiger partial charge in [-0.1, -0.05) is 0 Å². The largest absolute Gasteiger partial charge is 0.329 e. The minimum Gasteiger partial charge on any atom is -0.329 e. The van der Waals surface area contributed by atoms with Gasteiger partial charge in [-0.15, -0.1) is 5.10 Å². The number of aromatic amines is 1. The summed E-state index contributed by atoms with van der Waals surface area (Å²) in [6, 6.07) is 2.67. The number of hydrogen-bond donors (Lipinski definition) is 2. The quantitative estimate of drug-likeness (QED) is 0.726. The summed E-state index contributed by atoms with van der Waals surface area (Å²) in [4.78, 5) is 28.7. The Morgan fingerprint density at radius 2 is 2.25 bits per heavy atom. The van der Waals surface area contributed by atoms with Gasteiger partial charge in [0.15, 0.2) is 0 Å². The van der Waals surface area contributed by atoms with E-state index in [2.05, 4.69) is 25.5 Å². The normalized spacial score (nSPS) is 9.75. The first kappa shape index (κ1) is 9.97. The molecule has 0 bridgehead atoms. The molecule has 2 heterocycles. The first-order valence-corrected chi connectivity index (χ1v) is 4.39. The second-order valence-electron chi connectivity index (χ2n) is 2.86. The molecule has 0 saturated heterocycles. The molecule has 2 N–H and O–H groups in total. The van der Waals surface area contributed by atoms with Crippen LogP contribution in [0.15, 0.2) is 35.5 Å². The molecule has 0 aromatic carbocycles. The van der Waals surface area contributed by atoms with E-state index in [4.69, 9.17) is 0 Å². The lowest BCUT2D eigenvalue weighted by Gasteiger charge is -2.00. The van der Waals surface area contributed by atoms with Crippen molar-refractivity contribution < 1.29 is 4.79 Å². The van der Waals surface area contributed by atoms with Crippen LogP contribution in [0.1, 0.15) is 10.4 Å². The summed E-state index contributed by atoms with van der Waals surface area (Å²) in [6.45, 7) is 0. The number of carbonyl (C=O) groups excluding carboxylic acids is 1. The van der Waals surface area contributed by atoms with Crippen molar-refractivity contribution in [2.45, 2.75) is 0 Å². The highest BCUT2D eigenvalue weighted by atomic mass is 16.2. The van der Waals surface area contributed by atoms with Crippen molar-refractivity contribution in [2.75, 3.05) is 5.32 Å². The molecule has 0 spiro atoms. The summed E-state index contributed by atoms with van der Waals surface area (Å²) in [5.41, 5.74) is -0.115. The second-order valence-corrected chi connectivity index (χ2v) is 2.86. The second kappa shape index (κ2) is 4.30. The predicted molar refractivity (Wildman–Crippen MR) is 54.8 cm³/mol. The van der Waals surface area contributed by atoms with Gasteiger partial charge in [0.05, 0.1) is 12.4 Å². The van der Waals surface area contributed by atoms with Gasteiger partial charge in [-0.3, -0.25) is 14.9 Å². The Morgan fingerprint density at radius 1 is 1.38 bits per heavy atom. The monoisotopic (exact) mass is 217 g/mol. The third-order valence-corrected chi connectivity index (χ3v) is 1.75. The number of carbonyl (C=O) groups is 1. The maximum atomic E-state index is 11.6.